The van der Waals surface area contributed by atoms with Crippen LogP contribution in [0.5, 0.6) is 0 Å². The quantitative estimate of drug-likeness (QED) is 0.629. The molecule has 1 aliphatic rings. The SMILES string of the molecule is CCC(O)(CC)CNCC1(O)CCOCC1. The maximum Gasteiger partial charge on any atom is 0.0815 e. The molecule has 1 saturated heterocycles. The summed E-state index contributed by atoms with van der Waals surface area (Å²) < 4.78 is 5.22. The van der Waals surface area contributed by atoms with Crippen LogP contribution in [0.25, 0.3) is 0 Å². The monoisotopic (exact) mass is 231 g/mol. The van der Waals surface area contributed by atoms with E-state index in [9.17, 15) is 10.2 Å². The number of aliphatic hydroxyl groups is 2. The molecule has 96 valence electrons. The smallest absolute Gasteiger partial charge is 0.0815 e. The second-order valence-electron chi connectivity index (χ2n) is 4.87. The van der Waals surface area contributed by atoms with E-state index in [4.69, 9.17) is 4.74 Å². The third-order valence-electron chi connectivity index (χ3n) is 3.65. The predicted octanol–water partition coefficient (Wildman–Crippen LogP) is 0.669. The molecule has 0 spiro atoms. The fraction of sp³-hybridized carbons (Fsp3) is 1.00. The summed E-state index contributed by atoms with van der Waals surface area (Å²) in [6.45, 7) is 6.30. The maximum atomic E-state index is 10.2. The Kier molecular flexibility index (Phi) is 5.18. The number of hydrogen-bond donors (Lipinski definition) is 3. The van der Waals surface area contributed by atoms with Crippen LogP contribution >= 0.6 is 0 Å². The lowest BCUT2D eigenvalue weighted by atomic mass is 9.93. The Bertz CT molecular complexity index is 198. The van der Waals surface area contributed by atoms with Crippen LogP contribution < -0.4 is 5.32 Å². The zero-order valence-electron chi connectivity index (χ0n) is 10.5. The summed E-state index contributed by atoms with van der Waals surface area (Å²) in [5.74, 6) is 0. The Balaban J connectivity index is 2.28. The minimum absolute atomic E-state index is 0.540. The van der Waals surface area contributed by atoms with Gasteiger partial charge in [-0.15, -0.1) is 0 Å². The van der Waals surface area contributed by atoms with Gasteiger partial charge in [-0.3, -0.25) is 0 Å². The van der Waals surface area contributed by atoms with Gasteiger partial charge >= 0.3 is 0 Å². The highest BCUT2D eigenvalue weighted by atomic mass is 16.5. The number of nitrogens with one attached hydrogen (secondary N) is 1. The lowest BCUT2D eigenvalue weighted by Gasteiger charge is -2.34. The van der Waals surface area contributed by atoms with E-state index in [1.165, 1.54) is 0 Å². The van der Waals surface area contributed by atoms with Gasteiger partial charge in [-0.2, -0.15) is 0 Å². The van der Waals surface area contributed by atoms with Crippen molar-refractivity contribution in [1.82, 2.24) is 5.32 Å². The molecule has 3 N–H and O–H groups in total. The van der Waals surface area contributed by atoms with Gasteiger partial charge in [0.1, 0.15) is 0 Å². The molecule has 0 unspecified atom stereocenters. The van der Waals surface area contributed by atoms with Crippen molar-refractivity contribution in [2.75, 3.05) is 26.3 Å². The summed E-state index contributed by atoms with van der Waals surface area (Å²) in [5, 5.41) is 23.4. The van der Waals surface area contributed by atoms with Gasteiger partial charge in [0.25, 0.3) is 0 Å². The molecule has 4 nitrogen and oxygen atoms in total. The summed E-state index contributed by atoms with van der Waals surface area (Å²) >= 11 is 0. The normalized spacial score (nSPS) is 21.0. The van der Waals surface area contributed by atoms with E-state index < -0.39 is 11.2 Å². The number of rotatable bonds is 6. The zero-order valence-corrected chi connectivity index (χ0v) is 10.5. The average Bonchev–Trinajstić information content (AvgIpc) is 2.29. The Morgan fingerprint density at radius 3 is 2.31 bits per heavy atom. The first kappa shape index (κ1) is 13.9. The third kappa shape index (κ3) is 4.01. The van der Waals surface area contributed by atoms with Crippen molar-refractivity contribution in [3.8, 4) is 0 Å². The lowest BCUT2D eigenvalue weighted by molar-refractivity contribution is -0.0648. The molecule has 1 aliphatic heterocycles. The van der Waals surface area contributed by atoms with Crippen molar-refractivity contribution in [3.05, 3.63) is 0 Å². The summed E-state index contributed by atoms with van der Waals surface area (Å²) in [4.78, 5) is 0. The van der Waals surface area contributed by atoms with E-state index in [1.807, 2.05) is 13.8 Å². The molecule has 0 aliphatic carbocycles. The van der Waals surface area contributed by atoms with Crippen LogP contribution in [0, 0.1) is 0 Å². The van der Waals surface area contributed by atoms with Crippen molar-refractivity contribution >= 4 is 0 Å². The highest BCUT2D eigenvalue weighted by Gasteiger charge is 2.30. The van der Waals surface area contributed by atoms with Crippen LogP contribution in [0.1, 0.15) is 39.5 Å². The van der Waals surface area contributed by atoms with Crippen LogP contribution in [0.2, 0.25) is 0 Å². The molecule has 1 rings (SSSR count). The van der Waals surface area contributed by atoms with Gasteiger partial charge < -0.3 is 20.3 Å². The van der Waals surface area contributed by atoms with Gasteiger partial charge in [-0.25, -0.2) is 0 Å². The first-order valence-corrected chi connectivity index (χ1v) is 6.27. The van der Waals surface area contributed by atoms with Crippen molar-refractivity contribution in [1.29, 1.82) is 0 Å². The Labute approximate surface area is 98.0 Å². The van der Waals surface area contributed by atoms with Gasteiger partial charge in [0.2, 0.25) is 0 Å². The molecule has 0 bridgehead atoms. The minimum atomic E-state index is -0.652. The molecule has 1 fully saturated rings. The molecule has 0 aromatic carbocycles. The van der Waals surface area contributed by atoms with Gasteiger partial charge in [0.15, 0.2) is 0 Å². The van der Waals surface area contributed by atoms with Crippen molar-refractivity contribution < 1.29 is 14.9 Å². The Hall–Kier alpha value is -0.160. The Morgan fingerprint density at radius 1 is 1.25 bits per heavy atom. The number of ether oxygens (including phenoxy) is 1. The van der Waals surface area contributed by atoms with Crippen molar-refractivity contribution in [3.63, 3.8) is 0 Å². The van der Waals surface area contributed by atoms with Crippen LogP contribution in [0.3, 0.4) is 0 Å². The zero-order chi connectivity index (χ0) is 12.1. The Morgan fingerprint density at radius 2 is 1.81 bits per heavy atom. The van der Waals surface area contributed by atoms with Crippen molar-refractivity contribution in [2.24, 2.45) is 0 Å². The third-order valence-corrected chi connectivity index (χ3v) is 3.65. The van der Waals surface area contributed by atoms with Gasteiger partial charge in [0.05, 0.1) is 11.2 Å². The summed E-state index contributed by atoms with van der Waals surface area (Å²) in [7, 11) is 0. The number of hydrogen-bond acceptors (Lipinski definition) is 4. The maximum absolute atomic E-state index is 10.2. The van der Waals surface area contributed by atoms with E-state index in [-0.39, 0.29) is 0 Å². The van der Waals surface area contributed by atoms with E-state index in [1.54, 1.807) is 0 Å². The van der Waals surface area contributed by atoms with Gasteiger partial charge in [-0.05, 0) is 12.8 Å². The first-order valence-electron chi connectivity index (χ1n) is 6.27. The summed E-state index contributed by atoms with van der Waals surface area (Å²) in [6.07, 6.45) is 2.82. The average molecular weight is 231 g/mol. The van der Waals surface area contributed by atoms with E-state index in [2.05, 4.69) is 5.32 Å². The minimum Gasteiger partial charge on any atom is -0.389 e. The molecule has 0 atom stereocenters. The molecule has 0 radical (unpaired) electrons. The van der Waals surface area contributed by atoms with E-state index >= 15 is 0 Å². The predicted molar refractivity (Wildman–Crippen MR) is 63.4 cm³/mol. The van der Waals surface area contributed by atoms with E-state index in [0.29, 0.717) is 39.1 Å². The highest BCUT2D eigenvalue weighted by molar-refractivity contribution is 4.86. The van der Waals surface area contributed by atoms with Gasteiger partial charge in [0, 0.05) is 39.1 Å². The summed E-state index contributed by atoms with van der Waals surface area (Å²) in [6, 6.07) is 0. The van der Waals surface area contributed by atoms with Crippen LogP contribution in [0.15, 0.2) is 0 Å². The fourth-order valence-corrected chi connectivity index (χ4v) is 1.96. The van der Waals surface area contributed by atoms with Crippen molar-refractivity contribution in [2.45, 2.75) is 50.7 Å². The highest BCUT2D eigenvalue weighted by Crippen LogP contribution is 2.20. The fourth-order valence-electron chi connectivity index (χ4n) is 1.96. The topological polar surface area (TPSA) is 61.7 Å². The molecule has 0 aromatic heterocycles. The van der Waals surface area contributed by atoms with Crippen LogP contribution in [-0.4, -0.2) is 47.7 Å². The largest absolute Gasteiger partial charge is 0.389 e. The standard InChI is InChI=1S/C12H25NO3/c1-3-11(14,4-2)9-13-10-12(15)5-7-16-8-6-12/h13-15H,3-10H2,1-2H3. The lowest BCUT2D eigenvalue weighted by Crippen LogP contribution is -2.49. The van der Waals surface area contributed by atoms with Crippen LogP contribution in [-0.2, 0) is 4.74 Å². The molecule has 4 heteroatoms. The molecule has 0 aromatic rings. The summed E-state index contributed by atoms with van der Waals surface area (Å²) in [5.41, 5.74) is -1.29. The molecule has 1 heterocycles. The molecular weight excluding hydrogens is 206 g/mol. The van der Waals surface area contributed by atoms with Gasteiger partial charge in [-0.1, -0.05) is 13.8 Å². The molecule has 16 heavy (non-hydrogen) atoms. The molecule has 0 amide bonds. The van der Waals surface area contributed by atoms with Crippen LogP contribution in [0.4, 0.5) is 0 Å². The second-order valence-corrected chi connectivity index (χ2v) is 4.87. The molecule has 0 saturated carbocycles. The first-order chi connectivity index (χ1) is 7.54. The molecular formula is C12H25NO3. The second kappa shape index (κ2) is 5.96. The van der Waals surface area contributed by atoms with E-state index in [0.717, 1.165) is 12.8 Å².